The van der Waals surface area contributed by atoms with E-state index >= 15 is 0 Å². The van der Waals surface area contributed by atoms with E-state index in [0.29, 0.717) is 24.5 Å². The number of nitrogens with two attached hydrogens (primary N) is 1. The first-order valence-electron chi connectivity index (χ1n) is 4.29. The van der Waals surface area contributed by atoms with Crippen molar-refractivity contribution in [3.63, 3.8) is 0 Å². The highest BCUT2D eigenvalue weighted by atomic mass is 35.5. The first kappa shape index (κ1) is 12.4. The number of aryl methyl sites for hydroxylation is 1. The molecule has 0 amide bonds. The molecule has 0 radical (unpaired) electrons. The van der Waals surface area contributed by atoms with Gasteiger partial charge in [-0.15, -0.1) is 0 Å². The van der Waals surface area contributed by atoms with E-state index in [9.17, 15) is 8.42 Å². The summed E-state index contributed by atoms with van der Waals surface area (Å²) in [6.07, 6.45) is 1.55. The fraction of sp³-hybridized carbons (Fsp3) is 0.500. The second kappa shape index (κ2) is 4.42. The van der Waals surface area contributed by atoms with Gasteiger partial charge >= 0.3 is 0 Å². The molecule has 0 atom stereocenters. The Kier molecular flexibility index (Phi) is 3.64. The molecule has 15 heavy (non-hydrogen) atoms. The first-order chi connectivity index (χ1) is 6.86. The lowest BCUT2D eigenvalue weighted by Gasteiger charge is -2.06. The molecule has 0 fully saturated rings. The molecule has 7 heteroatoms. The average molecular weight is 250 g/mol. The number of hydrogen-bond donors (Lipinski definition) is 1. The molecule has 1 rings (SSSR count). The zero-order chi connectivity index (χ0) is 11.6. The van der Waals surface area contributed by atoms with Crippen LogP contribution in [0.25, 0.3) is 0 Å². The van der Waals surface area contributed by atoms with Gasteiger partial charge in [0.05, 0.1) is 5.69 Å². The molecule has 0 unspecified atom stereocenters. The SMILES string of the molecule is Cc1nc(CCN)nc(Cl)c1S(C)(=O)=O. The van der Waals surface area contributed by atoms with Crippen molar-refractivity contribution in [1.82, 2.24) is 9.97 Å². The zero-order valence-electron chi connectivity index (χ0n) is 8.49. The summed E-state index contributed by atoms with van der Waals surface area (Å²) in [7, 11) is -3.38. The Hall–Kier alpha value is -0.720. The molecule has 1 heterocycles. The van der Waals surface area contributed by atoms with Crippen molar-refractivity contribution in [3.05, 3.63) is 16.7 Å². The Labute approximate surface area is 93.6 Å². The molecule has 5 nitrogen and oxygen atoms in total. The smallest absolute Gasteiger partial charge is 0.180 e. The number of halogens is 1. The molecule has 84 valence electrons. The normalized spacial score (nSPS) is 11.7. The lowest BCUT2D eigenvalue weighted by atomic mass is 10.3. The molecule has 0 saturated heterocycles. The largest absolute Gasteiger partial charge is 0.330 e. The Morgan fingerprint density at radius 3 is 2.40 bits per heavy atom. The van der Waals surface area contributed by atoms with Crippen molar-refractivity contribution in [1.29, 1.82) is 0 Å². The van der Waals surface area contributed by atoms with Gasteiger partial charge in [0.25, 0.3) is 0 Å². The number of sulfone groups is 1. The maximum atomic E-state index is 11.4. The molecule has 0 aromatic carbocycles. The van der Waals surface area contributed by atoms with Gasteiger partial charge in [-0.1, -0.05) is 11.6 Å². The highest BCUT2D eigenvalue weighted by molar-refractivity contribution is 7.90. The summed E-state index contributed by atoms with van der Waals surface area (Å²) >= 11 is 5.78. The van der Waals surface area contributed by atoms with Crippen LogP contribution < -0.4 is 5.73 Å². The van der Waals surface area contributed by atoms with E-state index in [1.165, 1.54) is 0 Å². The van der Waals surface area contributed by atoms with E-state index in [1.54, 1.807) is 6.92 Å². The van der Waals surface area contributed by atoms with Crippen LogP contribution in [0.4, 0.5) is 0 Å². The summed E-state index contributed by atoms with van der Waals surface area (Å²) in [5.41, 5.74) is 5.71. The van der Waals surface area contributed by atoms with Gasteiger partial charge in [-0.2, -0.15) is 0 Å². The van der Waals surface area contributed by atoms with Gasteiger partial charge in [0.15, 0.2) is 15.0 Å². The van der Waals surface area contributed by atoms with Crippen LogP contribution in [-0.4, -0.2) is 31.2 Å². The van der Waals surface area contributed by atoms with Gasteiger partial charge < -0.3 is 5.73 Å². The van der Waals surface area contributed by atoms with Crippen molar-refractivity contribution in [3.8, 4) is 0 Å². The predicted molar refractivity (Wildman–Crippen MR) is 57.6 cm³/mol. The Morgan fingerprint density at radius 1 is 1.40 bits per heavy atom. The first-order valence-corrected chi connectivity index (χ1v) is 6.56. The van der Waals surface area contributed by atoms with E-state index in [-0.39, 0.29) is 10.0 Å². The van der Waals surface area contributed by atoms with Crippen LogP contribution in [0.3, 0.4) is 0 Å². The third kappa shape index (κ3) is 2.87. The van der Waals surface area contributed by atoms with Crippen LogP contribution >= 0.6 is 11.6 Å². The maximum Gasteiger partial charge on any atom is 0.180 e. The van der Waals surface area contributed by atoms with E-state index in [2.05, 4.69) is 9.97 Å². The summed E-state index contributed by atoms with van der Waals surface area (Å²) in [5.74, 6) is 0.465. The van der Waals surface area contributed by atoms with Crippen LogP contribution in [-0.2, 0) is 16.3 Å². The van der Waals surface area contributed by atoms with Crippen LogP contribution in [0.15, 0.2) is 4.90 Å². The van der Waals surface area contributed by atoms with Gasteiger partial charge in [0.2, 0.25) is 0 Å². The quantitative estimate of drug-likeness (QED) is 0.781. The maximum absolute atomic E-state index is 11.4. The summed E-state index contributed by atoms with van der Waals surface area (Å²) in [4.78, 5) is 7.91. The average Bonchev–Trinajstić information content (AvgIpc) is 1.99. The van der Waals surface area contributed by atoms with Gasteiger partial charge in [-0.05, 0) is 13.5 Å². The molecule has 0 aliphatic rings. The molecular formula is C8H12ClN3O2S. The minimum atomic E-state index is -3.38. The van der Waals surface area contributed by atoms with Gasteiger partial charge in [-0.25, -0.2) is 18.4 Å². The number of hydrogen-bond acceptors (Lipinski definition) is 5. The lowest BCUT2D eigenvalue weighted by molar-refractivity contribution is 0.599. The summed E-state index contributed by atoms with van der Waals surface area (Å²) in [5, 5.41) is -0.0338. The molecule has 0 bridgehead atoms. The number of aromatic nitrogens is 2. The third-order valence-corrected chi connectivity index (χ3v) is 3.39. The standard InChI is InChI=1S/C8H12ClN3O2S/c1-5-7(15(2,13)14)8(9)12-6(11-5)3-4-10/h3-4,10H2,1-2H3. The van der Waals surface area contributed by atoms with Crippen LogP contribution in [0.2, 0.25) is 5.15 Å². The second-order valence-electron chi connectivity index (χ2n) is 3.16. The van der Waals surface area contributed by atoms with Gasteiger partial charge in [0.1, 0.15) is 10.7 Å². The summed E-state index contributed by atoms with van der Waals surface area (Å²) < 4.78 is 22.7. The zero-order valence-corrected chi connectivity index (χ0v) is 10.1. The highest BCUT2D eigenvalue weighted by Crippen LogP contribution is 2.21. The van der Waals surface area contributed by atoms with Crippen molar-refractivity contribution in [2.45, 2.75) is 18.2 Å². The lowest BCUT2D eigenvalue weighted by Crippen LogP contribution is -2.11. The van der Waals surface area contributed by atoms with Gasteiger partial charge in [0, 0.05) is 12.7 Å². The molecule has 1 aromatic heterocycles. The topological polar surface area (TPSA) is 85.9 Å². The summed E-state index contributed by atoms with van der Waals surface area (Å²) in [6, 6.07) is 0. The molecular weight excluding hydrogens is 238 g/mol. The Morgan fingerprint density at radius 2 is 2.00 bits per heavy atom. The van der Waals surface area contributed by atoms with Crippen LogP contribution in [0, 0.1) is 6.92 Å². The fourth-order valence-corrected chi connectivity index (χ4v) is 2.83. The molecule has 0 saturated carbocycles. The third-order valence-electron chi connectivity index (χ3n) is 1.78. The minimum Gasteiger partial charge on any atom is -0.330 e. The van der Waals surface area contributed by atoms with Crippen molar-refractivity contribution in [2.24, 2.45) is 5.73 Å². The van der Waals surface area contributed by atoms with Crippen molar-refractivity contribution >= 4 is 21.4 Å². The minimum absolute atomic E-state index is 0.00932. The van der Waals surface area contributed by atoms with E-state index < -0.39 is 9.84 Å². The van der Waals surface area contributed by atoms with E-state index in [0.717, 1.165) is 6.26 Å². The predicted octanol–water partition coefficient (Wildman–Crippen LogP) is 0.343. The molecule has 0 aliphatic heterocycles. The number of rotatable bonds is 3. The highest BCUT2D eigenvalue weighted by Gasteiger charge is 2.18. The molecule has 1 aromatic rings. The van der Waals surface area contributed by atoms with E-state index in [4.69, 9.17) is 17.3 Å². The Bertz CT molecular complexity index is 450. The van der Waals surface area contributed by atoms with Gasteiger partial charge in [-0.3, -0.25) is 0 Å². The molecule has 0 spiro atoms. The van der Waals surface area contributed by atoms with Crippen molar-refractivity contribution in [2.75, 3.05) is 12.8 Å². The fourth-order valence-electron chi connectivity index (χ4n) is 1.24. The Balaban J connectivity index is 3.34. The van der Waals surface area contributed by atoms with Crippen LogP contribution in [0.5, 0.6) is 0 Å². The van der Waals surface area contributed by atoms with Crippen LogP contribution in [0.1, 0.15) is 11.5 Å². The monoisotopic (exact) mass is 249 g/mol. The number of nitrogens with zero attached hydrogens (tertiary/aromatic N) is 2. The van der Waals surface area contributed by atoms with E-state index in [1.807, 2.05) is 0 Å². The molecule has 0 aliphatic carbocycles. The van der Waals surface area contributed by atoms with Crippen molar-refractivity contribution < 1.29 is 8.42 Å². The summed E-state index contributed by atoms with van der Waals surface area (Å²) in [6.45, 7) is 1.98. The second-order valence-corrected chi connectivity index (χ2v) is 5.47. The molecule has 2 N–H and O–H groups in total.